The summed E-state index contributed by atoms with van der Waals surface area (Å²) < 4.78 is 6.46. The molecule has 1 N–H and O–H groups in total. The number of furan rings is 1. The van der Waals surface area contributed by atoms with Gasteiger partial charge in [-0.15, -0.1) is 11.3 Å². The average Bonchev–Trinajstić information content (AvgIpc) is 3.04. The van der Waals surface area contributed by atoms with Gasteiger partial charge in [0.2, 0.25) is 0 Å². The zero-order valence-corrected chi connectivity index (χ0v) is 12.9. The molecule has 1 aromatic carbocycles. The number of rotatable bonds is 4. The van der Waals surface area contributed by atoms with E-state index in [2.05, 4.69) is 36.5 Å². The van der Waals surface area contributed by atoms with Gasteiger partial charge in [0, 0.05) is 16.1 Å². The fraction of sp³-hybridized carbons (Fsp3) is 0.235. The second kappa shape index (κ2) is 5.74. The van der Waals surface area contributed by atoms with Crippen molar-refractivity contribution in [1.82, 2.24) is 5.32 Å². The molecule has 0 unspecified atom stereocenters. The molecular formula is C17H17NO2S. The molecule has 0 spiro atoms. The van der Waals surface area contributed by atoms with E-state index in [1.807, 2.05) is 0 Å². The SMILES string of the molecule is Cc1occc1C(=O)NCCc1sc2ccccc2c1C. The van der Waals surface area contributed by atoms with Crippen LogP contribution in [-0.2, 0) is 6.42 Å². The van der Waals surface area contributed by atoms with Gasteiger partial charge in [0.15, 0.2) is 0 Å². The molecule has 3 aromatic rings. The van der Waals surface area contributed by atoms with Crippen molar-refractivity contribution in [2.24, 2.45) is 0 Å². The number of carbonyl (C=O) groups is 1. The van der Waals surface area contributed by atoms with Crippen LogP contribution in [0.4, 0.5) is 0 Å². The van der Waals surface area contributed by atoms with Crippen LogP contribution in [0.5, 0.6) is 0 Å². The minimum atomic E-state index is -0.0694. The standard InChI is InChI=1S/C17H17NO2S/c1-11-13-5-3-4-6-16(13)21-15(11)7-9-18-17(19)14-8-10-20-12(14)2/h3-6,8,10H,7,9H2,1-2H3,(H,18,19). The summed E-state index contributed by atoms with van der Waals surface area (Å²) in [5.41, 5.74) is 1.94. The number of carbonyl (C=O) groups excluding carboxylic acids is 1. The second-order valence-corrected chi connectivity index (χ2v) is 6.18. The van der Waals surface area contributed by atoms with Crippen LogP contribution in [0.2, 0.25) is 0 Å². The lowest BCUT2D eigenvalue weighted by Crippen LogP contribution is -2.25. The number of thiophene rings is 1. The Labute approximate surface area is 127 Å². The first-order chi connectivity index (χ1) is 10.2. The molecule has 2 aromatic heterocycles. The Kier molecular flexibility index (Phi) is 3.80. The smallest absolute Gasteiger partial charge is 0.254 e. The Balaban J connectivity index is 1.66. The molecule has 3 rings (SSSR count). The Bertz CT molecular complexity index is 785. The van der Waals surface area contributed by atoms with E-state index in [0.29, 0.717) is 17.9 Å². The van der Waals surface area contributed by atoms with E-state index in [4.69, 9.17) is 4.42 Å². The maximum absolute atomic E-state index is 12.0. The molecule has 0 aliphatic heterocycles. The van der Waals surface area contributed by atoms with Crippen LogP contribution in [-0.4, -0.2) is 12.5 Å². The second-order valence-electron chi connectivity index (χ2n) is 5.04. The first-order valence-corrected chi connectivity index (χ1v) is 7.78. The third kappa shape index (κ3) is 2.72. The first-order valence-electron chi connectivity index (χ1n) is 6.96. The van der Waals surface area contributed by atoms with Gasteiger partial charge in [-0.2, -0.15) is 0 Å². The van der Waals surface area contributed by atoms with Crippen molar-refractivity contribution >= 4 is 27.3 Å². The summed E-state index contributed by atoms with van der Waals surface area (Å²) in [6, 6.07) is 10.1. The molecule has 4 heteroatoms. The van der Waals surface area contributed by atoms with Crippen LogP contribution >= 0.6 is 11.3 Å². The maximum atomic E-state index is 12.0. The van der Waals surface area contributed by atoms with E-state index in [0.717, 1.165) is 6.42 Å². The monoisotopic (exact) mass is 299 g/mol. The van der Waals surface area contributed by atoms with Crippen molar-refractivity contribution in [1.29, 1.82) is 0 Å². The summed E-state index contributed by atoms with van der Waals surface area (Å²) in [6.45, 7) is 4.58. The molecule has 0 aliphatic rings. The van der Waals surface area contributed by atoms with Crippen molar-refractivity contribution < 1.29 is 9.21 Å². The molecule has 1 amide bonds. The van der Waals surface area contributed by atoms with Crippen LogP contribution < -0.4 is 5.32 Å². The van der Waals surface area contributed by atoms with E-state index >= 15 is 0 Å². The highest BCUT2D eigenvalue weighted by Gasteiger charge is 2.12. The summed E-state index contributed by atoms with van der Waals surface area (Å²) in [7, 11) is 0. The topological polar surface area (TPSA) is 42.2 Å². The van der Waals surface area contributed by atoms with Gasteiger partial charge in [0.05, 0.1) is 11.8 Å². The minimum absolute atomic E-state index is 0.0694. The molecule has 0 saturated heterocycles. The number of fused-ring (bicyclic) bond motifs is 1. The summed E-state index contributed by atoms with van der Waals surface area (Å²) in [4.78, 5) is 13.3. The van der Waals surface area contributed by atoms with Crippen molar-refractivity contribution in [3.63, 3.8) is 0 Å². The molecule has 0 atom stereocenters. The predicted molar refractivity (Wildman–Crippen MR) is 86.0 cm³/mol. The first kappa shape index (κ1) is 13.9. The lowest BCUT2D eigenvalue weighted by atomic mass is 10.1. The van der Waals surface area contributed by atoms with E-state index in [1.54, 1.807) is 30.6 Å². The summed E-state index contributed by atoms with van der Waals surface area (Å²) >= 11 is 1.81. The van der Waals surface area contributed by atoms with E-state index < -0.39 is 0 Å². The van der Waals surface area contributed by atoms with E-state index in [9.17, 15) is 4.79 Å². The maximum Gasteiger partial charge on any atom is 0.254 e. The van der Waals surface area contributed by atoms with Gasteiger partial charge in [-0.1, -0.05) is 18.2 Å². The van der Waals surface area contributed by atoms with Crippen LogP contribution in [0.1, 0.15) is 26.6 Å². The normalized spacial score (nSPS) is 11.0. The highest BCUT2D eigenvalue weighted by molar-refractivity contribution is 7.19. The van der Waals surface area contributed by atoms with Crippen LogP contribution in [0.15, 0.2) is 41.0 Å². The minimum Gasteiger partial charge on any atom is -0.469 e. The van der Waals surface area contributed by atoms with Crippen molar-refractivity contribution in [3.05, 3.63) is 58.4 Å². The number of nitrogens with one attached hydrogen (secondary N) is 1. The fourth-order valence-corrected chi connectivity index (χ4v) is 3.68. The van der Waals surface area contributed by atoms with Gasteiger partial charge in [0.1, 0.15) is 5.76 Å². The molecule has 0 radical (unpaired) electrons. The molecule has 2 heterocycles. The van der Waals surface area contributed by atoms with Crippen LogP contribution in [0, 0.1) is 13.8 Å². The quantitative estimate of drug-likeness (QED) is 0.788. The molecule has 0 aliphatic carbocycles. The van der Waals surface area contributed by atoms with Crippen molar-refractivity contribution in [3.8, 4) is 0 Å². The Morgan fingerprint density at radius 2 is 2.05 bits per heavy atom. The molecule has 0 saturated carbocycles. The molecule has 108 valence electrons. The number of amides is 1. The number of hydrogen-bond donors (Lipinski definition) is 1. The lowest BCUT2D eigenvalue weighted by Gasteiger charge is -2.04. The predicted octanol–water partition coefficient (Wildman–Crippen LogP) is 4.08. The van der Waals surface area contributed by atoms with Crippen LogP contribution in [0.3, 0.4) is 0 Å². The summed E-state index contributed by atoms with van der Waals surface area (Å²) in [6.07, 6.45) is 2.40. The van der Waals surface area contributed by atoms with Crippen LogP contribution in [0.25, 0.3) is 10.1 Å². The zero-order valence-electron chi connectivity index (χ0n) is 12.1. The van der Waals surface area contributed by atoms with Gasteiger partial charge in [-0.05, 0) is 43.4 Å². The highest BCUT2D eigenvalue weighted by atomic mass is 32.1. The van der Waals surface area contributed by atoms with Gasteiger partial charge >= 0.3 is 0 Å². The molecule has 3 nitrogen and oxygen atoms in total. The van der Waals surface area contributed by atoms with E-state index in [1.165, 1.54) is 20.5 Å². The summed E-state index contributed by atoms with van der Waals surface area (Å²) in [5.74, 6) is 0.588. The Morgan fingerprint density at radius 1 is 1.24 bits per heavy atom. The third-order valence-electron chi connectivity index (χ3n) is 3.68. The molecule has 0 fully saturated rings. The van der Waals surface area contributed by atoms with Gasteiger partial charge < -0.3 is 9.73 Å². The zero-order chi connectivity index (χ0) is 14.8. The van der Waals surface area contributed by atoms with Crippen molar-refractivity contribution in [2.45, 2.75) is 20.3 Å². The number of benzene rings is 1. The highest BCUT2D eigenvalue weighted by Crippen LogP contribution is 2.30. The van der Waals surface area contributed by atoms with Crippen molar-refractivity contribution in [2.75, 3.05) is 6.54 Å². The van der Waals surface area contributed by atoms with Gasteiger partial charge in [-0.3, -0.25) is 4.79 Å². The van der Waals surface area contributed by atoms with Gasteiger partial charge in [-0.25, -0.2) is 0 Å². The Morgan fingerprint density at radius 3 is 2.76 bits per heavy atom. The summed E-state index contributed by atoms with van der Waals surface area (Å²) in [5, 5.41) is 4.27. The average molecular weight is 299 g/mol. The molecule has 0 bridgehead atoms. The Hall–Kier alpha value is -2.07. The largest absolute Gasteiger partial charge is 0.469 e. The fourth-order valence-electron chi connectivity index (χ4n) is 2.47. The number of aryl methyl sites for hydroxylation is 2. The molecular weight excluding hydrogens is 282 g/mol. The van der Waals surface area contributed by atoms with Gasteiger partial charge in [0.25, 0.3) is 5.91 Å². The third-order valence-corrected chi connectivity index (χ3v) is 5.02. The molecule has 21 heavy (non-hydrogen) atoms. The van der Waals surface area contributed by atoms with E-state index in [-0.39, 0.29) is 5.91 Å². The number of hydrogen-bond acceptors (Lipinski definition) is 3. The lowest BCUT2D eigenvalue weighted by molar-refractivity contribution is 0.0952.